The molecule has 29 heavy (non-hydrogen) atoms. The number of rotatable bonds is 14. The number of carboxylic acids is 1. The first-order valence-corrected chi connectivity index (χ1v) is 10.0. The van der Waals surface area contributed by atoms with Crippen molar-refractivity contribution in [1.29, 1.82) is 0 Å². The maximum Gasteiger partial charge on any atom is 0.326 e. The second-order valence-electron chi connectivity index (χ2n) is 6.95. The van der Waals surface area contributed by atoms with Crippen molar-refractivity contribution in [3.05, 3.63) is 0 Å². The molecule has 0 aliphatic carbocycles. The van der Waals surface area contributed by atoms with Gasteiger partial charge < -0.3 is 37.6 Å². The van der Waals surface area contributed by atoms with Gasteiger partial charge in [0.15, 0.2) is 0 Å². The summed E-state index contributed by atoms with van der Waals surface area (Å²) >= 11 is 4.02. The maximum atomic E-state index is 12.6. The zero-order valence-corrected chi connectivity index (χ0v) is 17.7. The van der Waals surface area contributed by atoms with Gasteiger partial charge in [0.1, 0.15) is 24.2 Å². The lowest BCUT2D eigenvalue weighted by atomic mass is 10.0. The van der Waals surface area contributed by atoms with E-state index in [1.807, 2.05) is 0 Å². The predicted molar refractivity (Wildman–Crippen MR) is 110 cm³/mol. The van der Waals surface area contributed by atoms with E-state index in [9.17, 15) is 24.3 Å². The van der Waals surface area contributed by atoms with E-state index in [1.165, 1.54) is 0 Å². The van der Waals surface area contributed by atoms with Gasteiger partial charge in [0.25, 0.3) is 0 Å². The third-order valence-electron chi connectivity index (χ3n) is 4.16. The van der Waals surface area contributed by atoms with Crippen LogP contribution >= 0.6 is 12.6 Å². The summed E-state index contributed by atoms with van der Waals surface area (Å²) in [6.07, 6.45) is 1.38. The summed E-state index contributed by atoms with van der Waals surface area (Å²) in [5.74, 6) is -3.67. The number of carbonyl (C=O) groups excluding carboxylic acids is 3. The molecule has 11 nitrogen and oxygen atoms in total. The summed E-state index contributed by atoms with van der Waals surface area (Å²) in [4.78, 5) is 48.2. The van der Waals surface area contributed by atoms with E-state index in [0.717, 1.165) is 0 Å². The van der Waals surface area contributed by atoms with Crippen molar-refractivity contribution >= 4 is 36.3 Å². The monoisotopic (exact) mass is 435 g/mol. The minimum Gasteiger partial charge on any atom is -0.480 e. The number of unbranched alkanes of at least 4 members (excludes halogenated alkanes) is 1. The predicted octanol–water partition coefficient (Wildman–Crippen LogP) is -2.44. The molecule has 0 saturated carbocycles. The molecule has 4 unspecified atom stereocenters. The molecule has 12 heteroatoms. The van der Waals surface area contributed by atoms with Crippen molar-refractivity contribution in [1.82, 2.24) is 16.0 Å². The number of hydrogen-bond donors (Lipinski definition) is 8. The molecular formula is C17H33N5O6S. The van der Waals surface area contributed by atoms with Crippen LogP contribution in [0.3, 0.4) is 0 Å². The number of carboxylic acid groups (broad SMARTS) is 1. The fourth-order valence-corrected chi connectivity index (χ4v) is 2.61. The van der Waals surface area contributed by atoms with Crippen LogP contribution in [0.4, 0.5) is 0 Å². The smallest absolute Gasteiger partial charge is 0.326 e. The van der Waals surface area contributed by atoms with E-state index in [4.69, 9.17) is 16.6 Å². The Labute approximate surface area is 175 Å². The van der Waals surface area contributed by atoms with Gasteiger partial charge in [0, 0.05) is 5.75 Å². The molecule has 0 aromatic heterocycles. The Bertz CT molecular complexity index is 562. The molecular weight excluding hydrogens is 402 g/mol. The van der Waals surface area contributed by atoms with Gasteiger partial charge in [-0.05, 0) is 31.7 Å². The van der Waals surface area contributed by atoms with Gasteiger partial charge in [-0.25, -0.2) is 4.79 Å². The average Bonchev–Trinajstić information content (AvgIpc) is 2.67. The van der Waals surface area contributed by atoms with E-state index < -0.39 is 54.5 Å². The fraction of sp³-hybridized carbons (Fsp3) is 0.765. The zero-order valence-electron chi connectivity index (χ0n) is 16.8. The lowest BCUT2D eigenvalue weighted by molar-refractivity contribution is -0.142. The molecule has 3 amide bonds. The number of aliphatic hydroxyl groups is 1. The quantitative estimate of drug-likeness (QED) is 0.109. The summed E-state index contributed by atoms with van der Waals surface area (Å²) in [6, 6.07) is -4.41. The third kappa shape index (κ3) is 9.92. The van der Waals surface area contributed by atoms with Crippen LogP contribution in [0, 0.1) is 5.92 Å². The second kappa shape index (κ2) is 14.1. The van der Waals surface area contributed by atoms with Crippen molar-refractivity contribution < 1.29 is 29.4 Å². The second-order valence-corrected chi connectivity index (χ2v) is 7.31. The van der Waals surface area contributed by atoms with Gasteiger partial charge in [-0.3, -0.25) is 14.4 Å². The van der Waals surface area contributed by atoms with Crippen molar-refractivity contribution in [3.63, 3.8) is 0 Å². The Kier molecular flexibility index (Phi) is 13.2. The summed E-state index contributed by atoms with van der Waals surface area (Å²) in [5, 5.41) is 25.5. The Morgan fingerprint density at radius 3 is 2.00 bits per heavy atom. The van der Waals surface area contributed by atoms with E-state index in [1.54, 1.807) is 13.8 Å². The molecule has 9 N–H and O–H groups in total. The Hall–Kier alpha value is -1.89. The fourth-order valence-electron chi connectivity index (χ4n) is 2.36. The first-order valence-electron chi connectivity index (χ1n) is 9.40. The molecule has 0 bridgehead atoms. The minimum atomic E-state index is -1.20. The summed E-state index contributed by atoms with van der Waals surface area (Å²) in [7, 11) is 0. The summed E-state index contributed by atoms with van der Waals surface area (Å²) < 4.78 is 0. The van der Waals surface area contributed by atoms with Gasteiger partial charge in [0.2, 0.25) is 17.7 Å². The summed E-state index contributed by atoms with van der Waals surface area (Å²) in [5.41, 5.74) is 10.8. The third-order valence-corrected chi connectivity index (χ3v) is 4.52. The molecule has 0 aromatic rings. The highest BCUT2D eigenvalue weighted by molar-refractivity contribution is 7.80. The Morgan fingerprint density at radius 2 is 1.55 bits per heavy atom. The lowest BCUT2D eigenvalue weighted by Gasteiger charge is -2.26. The molecule has 0 rings (SSSR count). The molecule has 0 fully saturated rings. The van der Waals surface area contributed by atoms with E-state index >= 15 is 0 Å². The van der Waals surface area contributed by atoms with E-state index in [-0.39, 0.29) is 18.1 Å². The van der Waals surface area contributed by atoms with Gasteiger partial charge >= 0.3 is 5.97 Å². The van der Waals surface area contributed by atoms with Gasteiger partial charge in [0.05, 0.1) is 6.61 Å². The lowest BCUT2D eigenvalue weighted by Crippen LogP contribution is -2.59. The van der Waals surface area contributed by atoms with Crippen molar-refractivity contribution in [2.45, 2.75) is 57.3 Å². The van der Waals surface area contributed by atoms with E-state index in [2.05, 4.69) is 28.6 Å². The van der Waals surface area contributed by atoms with Crippen molar-refractivity contribution in [2.75, 3.05) is 18.9 Å². The van der Waals surface area contributed by atoms with Crippen molar-refractivity contribution in [2.24, 2.45) is 17.4 Å². The maximum absolute atomic E-state index is 12.6. The van der Waals surface area contributed by atoms with Crippen LogP contribution in [-0.4, -0.2) is 77.0 Å². The van der Waals surface area contributed by atoms with Gasteiger partial charge in [-0.15, -0.1) is 0 Å². The molecule has 0 aliphatic rings. The zero-order chi connectivity index (χ0) is 22.6. The first-order chi connectivity index (χ1) is 13.6. The van der Waals surface area contributed by atoms with Gasteiger partial charge in [-0.2, -0.15) is 12.6 Å². The average molecular weight is 436 g/mol. The van der Waals surface area contributed by atoms with Crippen LogP contribution in [0.2, 0.25) is 0 Å². The highest BCUT2D eigenvalue weighted by atomic mass is 32.1. The molecule has 0 saturated heterocycles. The Balaban J connectivity index is 5.09. The largest absolute Gasteiger partial charge is 0.480 e. The number of aliphatic carboxylic acids is 1. The first kappa shape index (κ1) is 27.1. The number of amides is 3. The SMILES string of the molecule is CC(C)C(NC(=O)C(CS)NC(=O)C(N)CO)C(=O)NC(CCCCN)C(=O)O. The number of carbonyl (C=O) groups is 4. The number of aliphatic hydroxyl groups excluding tert-OH is 1. The number of nitrogens with two attached hydrogens (primary N) is 2. The van der Waals surface area contributed by atoms with Crippen LogP contribution in [0.15, 0.2) is 0 Å². The molecule has 4 atom stereocenters. The highest BCUT2D eigenvalue weighted by Crippen LogP contribution is 2.06. The van der Waals surface area contributed by atoms with Crippen LogP contribution in [0.25, 0.3) is 0 Å². The van der Waals surface area contributed by atoms with Crippen LogP contribution < -0.4 is 27.4 Å². The normalized spacial score (nSPS) is 15.1. The number of nitrogens with one attached hydrogen (secondary N) is 3. The molecule has 0 heterocycles. The Morgan fingerprint density at radius 1 is 0.966 bits per heavy atom. The van der Waals surface area contributed by atoms with E-state index in [0.29, 0.717) is 19.4 Å². The number of hydrogen-bond acceptors (Lipinski definition) is 8. The minimum absolute atomic E-state index is 0.0704. The molecule has 0 spiro atoms. The van der Waals surface area contributed by atoms with Crippen LogP contribution in [0.5, 0.6) is 0 Å². The highest BCUT2D eigenvalue weighted by Gasteiger charge is 2.31. The van der Waals surface area contributed by atoms with Crippen molar-refractivity contribution in [3.8, 4) is 0 Å². The number of thiol groups is 1. The molecule has 0 radical (unpaired) electrons. The summed E-state index contributed by atoms with van der Waals surface area (Å²) in [6.45, 7) is 3.20. The molecule has 0 aliphatic heterocycles. The molecule has 168 valence electrons. The van der Waals surface area contributed by atoms with Crippen LogP contribution in [-0.2, 0) is 19.2 Å². The van der Waals surface area contributed by atoms with Gasteiger partial charge in [-0.1, -0.05) is 13.8 Å². The van der Waals surface area contributed by atoms with Crippen LogP contribution in [0.1, 0.15) is 33.1 Å². The topological polar surface area (TPSA) is 197 Å². The standard InChI is InChI=1S/C17H33N5O6S/c1-9(2)13(16(26)20-11(17(27)28)5-3-4-6-18)22-15(25)12(8-29)21-14(24)10(19)7-23/h9-13,23,29H,3-8,18-19H2,1-2H3,(H,20,26)(H,21,24)(H,22,25)(H,27,28). The molecule has 0 aromatic carbocycles.